The molecule has 0 radical (unpaired) electrons. The molecule has 2 fully saturated rings. The van der Waals surface area contributed by atoms with Gasteiger partial charge in [0, 0.05) is 0 Å². The van der Waals surface area contributed by atoms with Gasteiger partial charge in [-0.25, -0.2) is 0 Å². The van der Waals surface area contributed by atoms with Crippen molar-refractivity contribution in [2.24, 2.45) is 0 Å². The number of rotatable bonds is 1. The molecule has 0 heteroatoms. The summed E-state index contributed by atoms with van der Waals surface area (Å²) in [4.78, 5) is 0. The van der Waals surface area contributed by atoms with Crippen molar-refractivity contribution in [2.75, 3.05) is 0 Å². The van der Waals surface area contributed by atoms with E-state index in [0.717, 1.165) is 5.92 Å². The number of allylic oxidation sites excluding steroid dienone is 2. The first-order valence-electron chi connectivity index (χ1n) is 12.2. The van der Waals surface area contributed by atoms with Crippen LogP contribution in [0.25, 0.3) is 0 Å². The molecule has 0 bridgehead atoms. The van der Waals surface area contributed by atoms with Gasteiger partial charge in [0.25, 0.3) is 0 Å². The zero-order valence-corrected chi connectivity index (χ0v) is 17.8. The van der Waals surface area contributed by atoms with Gasteiger partial charge in [-0.15, -0.1) is 0 Å². The van der Waals surface area contributed by atoms with Gasteiger partial charge in [0.05, 0.1) is 0 Å². The average molecular weight is 369 g/mol. The van der Waals surface area contributed by atoms with Crippen LogP contribution in [0.3, 0.4) is 0 Å². The van der Waals surface area contributed by atoms with Crippen LogP contribution in [0.5, 0.6) is 0 Å². The minimum absolute atomic E-state index is 0.851. The molecule has 0 N–H and O–H groups in total. The van der Waals surface area contributed by atoms with E-state index in [1.165, 1.54) is 116 Å². The Balaban J connectivity index is 0.000000159. The van der Waals surface area contributed by atoms with Crippen LogP contribution >= 0.6 is 0 Å². The molecule has 0 amide bonds. The largest absolute Gasteiger partial charge is 0.0885 e. The molecule has 0 saturated heterocycles. The monoisotopic (exact) mass is 368 g/mol. The topological polar surface area (TPSA) is 0 Å². The van der Waals surface area contributed by atoms with Gasteiger partial charge in [0.15, 0.2) is 0 Å². The van der Waals surface area contributed by atoms with Crippen LogP contribution in [0.15, 0.2) is 42.5 Å². The second-order valence-electron chi connectivity index (χ2n) is 8.68. The molecule has 27 heavy (non-hydrogen) atoms. The summed E-state index contributed by atoms with van der Waals surface area (Å²) in [6, 6.07) is 11.0. The van der Waals surface area contributed by atoms with Crippen LogP contribution in [0.2, 0.25) is 0 Å². The van der Waals surface area contributed by atoms with Crippen molar-refractivity contribution in [2.45, 2.75) is 121 Å². The predicted octanol–water partition coefficient (Wildman–Crippen LogP) is 9.36. The summed E-state index contributed by atoms with van der Waals surface area (Å²) in [5.41, 5.74) is 1.56. The Morgan fingerprint density at radius 2 is 0.852 bits per heavy atom. The fourth-order valence-electron chi connectivity index (χ4n) is 4.51. The molecule has 3 aliphatic rings. The van der Waals surface area contributed by atoms with Gasteiger partial charge >= 0.3 is 0 Å². The van der Waals surface area contributed by atoms with Crippen LogP contribution in [-0.2, 0) is 0 Å². The van der Waals surface area contributed by atoms with Crippen molar-refractivity contribution in [3.8, 4) is 0 Å². The molecule has 152 valence electrons. The van der Waals surface area contributed by atoms with Crippen molar-refractivity contribution >= 4 is 0 Å². The van der Waals surface area contributed by atoms with E-state index in [9.17, 15) is 0 Å². The van der Waals surface area contributed by atoms with Gasteiger partial charge in [-0.3, -0.25) is 0 Å². The summed E-state index contributed by atoms with van der Waals surface area (Å²) in [5, 5.41) is 0. The Morgan fingerprint density at radius 1 is 0.444 bits per heavy atom. The highest BCUT2D eigenvalue weighted by molar-refractivity contribution is 5.19. The molecule has 0 aromatic heterocycles. The predicted molar refractivity (Wildman–Crippen MR) is 121 cm³/mol. The summed E-state index contributed by atoms with van der Waals surface area (Å²) >= 11 is 0. The molecular weight excluding hydrogens is 324 g/mol. The second-order valence-corrected chi connectivity index (χ2v) is 8.68. The molecule has 1 aromatic carbocycles. The van der Waals surface area contributed by atoms with Crippen LogP contribution < -0.4 is 0 Å². The van der Waals surface area contributed by atoms with E-state index < -0.39 is 0 Å². The third kappa shape index (κ3) is 11.4. The first-order chi connectivity index (χ1) is 13.5. The van der Waals surface area contributed by atoms with E-state index >= 15 is 0 Å². The van der Waals surface area contributed by atoms with E-state index in [-0.39, 0.29) is 0 Å². The number of hydrogen-bond acceptors (Lipinski definition) is 0. The first kappa shape index (κ1) is 22.3. The second kappa shape index (κ2) is 16.0. The zero-order valence-electron chi connectivity index (χ0n) is 17.8. The molecule has 0 unspecified atom stereocenters. The van der Waals surface area contributed by atoms with Gasteiger partial charge in [-0.2, -0.15) is 0 Å². The smallest absolute Gasteiger partial charge is 0.0162 e. The van der Waals surface area contributed by atoms with Crippen molar-refractivity contribution in [3.05, 3.63) is 48.0 Å². The Kier molecular flexibility index (Phi) is 13.2. The van der Waals surface area contributed by atoms with Gasteiger partial charge < -0.3 is 0 Å². The van der Waals surface area contributed by atoms with Gasteiger partial charge in [-0.05, 0) is 50.0 Å². The van der Waals surface area contributed by atoms with Crippen LogP contribution in [0, 0.1) is 0 Å². The van der Waals surface area contributed by atoms with E-state index in [4.69, 9.17) is 0 Å². The third-order valence-electron chi connectivity index (χ3n) is 6.28. The van der Waals surface area contributed by atoms with E-state index in [2.05, 4.69) is 42.5 Å². The van der Waals surface area contributed by atoms with Crippen LogP contribution in [-0.4, -0.2) is 0 Å². The van der Waals surface area contributed by atoms with E-state index in [1.807, 2.05) is 0 Å². The van der Waals surface area contributed by atoms with Crippen molar-refractivity contribution in [1.82, 2.24) is 0 Å². The molecule has 1 aromatic rings. The SMILES string of the molecule is C1=CCCCCC1.C1CCCCCC1.c1ccc(C2CCCCCC2)cc1. The zero-order chi connectivity index (χ0) is 18.8. The Labute approximate surface area is 169 Å². The van der Waals surface area contributed by atoms with Crippen molar-refractivity contribution < 1.29 is 0 Å². The van der Waals surface area contributed by atoms with Gasteiger partial charge in [0.2, 0.25) is 0 Å². The molecular formula is C27H44. The summed E-state index contributed by atoms with van der Waals surface area (Å²) in [6.07, 6.45) is 30.6. The molecule has 2 saturated carbocycles. The molecule has 0 spiro atoms. The summed E-state index contributed by atoms with van der Waals surface area (Å²) < 4.78 is 0. The van der Waals surface area contributed by atoms with Crippen LogP contribution in [0.4, 0.5) is 0 Å². The molecule has 0 aliphatic heterocycles. The number of benzene rings is 1. The summed E-state index contributed by atoms with van der Waals surface area (Å²) in [5.74, 6) is 0.851. The fourth-order valence-corrected chi connectivity index (χ4v) is 4.51. The van der Waals surface area contributed by atoms with E-state index in [0.29, 0.717) is 0 Å². The Bertz CT molecular complexity index is 423. The summed E-state index contributed by atoms with van der Waals surface area (Å²) in [6.45, 7) is 0. The Hall–Kier alpha value is -1.04. The molecule has 0 nitrogen and oxygen atoms in total. The molecule has 4 rings (SSSR count). The van der Waals surface area contributed by atoms with Crippen molar-refractivity contribution in [3.63, 3.8) is 0 Å². The lowest BCUT2D eigenvalue weighted by Crippen LogP contribution is -1.95. The maximum atomic E-state index is 2.30. The maximum Gasteiger partial charge on any atom is -0.0162 e. The molecule has 3 aliphatic carbocycles. The van der Waals surface area contributed by atoms with Gasteiger partial charge in [-0.1, -0.05) is 120 Å². The van der Waals surface area contributed by atoms with Gasteiger partial charge in [0.1, 0.15) is 0 Å². The third-order valence-corrected chi connectivity index (χ3v) is 6.28. The molecule has 0 heterocycles. The quantitative estimate of drug-likeness (QED) is 0.342. The highest BCUT2D eigenvalue weighted by atomic mass is 14.2. The maximum absolute atomic E-state index is 2.30. The lowest BCUT2D eigenvalue weighted by Gasteiger charge is -2.13. The lowest BCUT2D eigenvalue weighted by molar-refractivity contribution is 0.592. The standard InChI is InChI=1S/C13H18.C7H14.C7H12/c1-2-5-9-12(8-4-1)13-10-6-3-7-11-13;2*1-2-4-6-7-5-3-1/h3,6-7,10-12H,1-2,4-5,8-9H2;1-7H2;1-2H,3-7H2. The van der Waals surface area contributed by atoms with E-state index in [1.54, 1.807) is 5.56 Å². The highest BCUT2D eigenvalue weighted by Crippen LogP contribution is 2.31. The van der Waals surface area contributed by atoms with Crippen LogP contribution in [0.1, 0.15) is 127 Å². The normalized spacial score (nSPS) is 21.3. The average Bonchev–Trinajstić information content (AvgIpc) is 3.28. The number of hydrogen-bond donors (Lipinski definition) is 0. The van der Waals surface area contributed by atoms with Crippen molar-refractivity contribution in [1.29, 1.82) is 0 Å². The molecule has 0 atom stereocenters. The highest BCUT2D eigenvalue weighted by Gasteiger charge is 2.13. The fraction of sp³-hybridized carbons (Fsp3) is 0.704. The lowest BCUT2D eigenvalue weighted by atomic mass is 9.92. The minimum atomic E-state index is 0.851. The first-order valence-corrected chi connectivity index (χ1v) is 12.2. The summed E-state index contributed by atoms with van der Waals surface area (Å²) in [7, 11) is 0. The minimum Gasteiger partial charge on any atom is -0.0885 e. The Morgan fingerprint density at radius 3 is 1.33 bits per heavy atom.